The van der Waals surface area contributed by atoms with E-state index in [-0.39, 0.29) is 0 Å². The molecule has 1 aliphatic heterocycles. The molecule has 0 bridgehead atoms. The summed E-state index contributed by atoms with van der Waals surface area (Å²) in [4.78, 5) is 7.14. The summed E-state index contributed by atoms with van der Waals surface area (Å²) < 4.78 is 0. The van der Waals surface area contributed by atoms with Gasteiger partial charge in [0, 0.05) is 24.5 Å². The number of nitrogens with zero attached hydrogens (tertiary/aromatic N) is 2. The highest BCUT2D eigenvalue weighted by Crippen LogP contribution is 2.16. The van der Waals surface area contributed by atoms with E-state index in [1.54, 1.807) is 0 Å². The normalized spacial score (nSPS) is 24.1. The van der Waals surface area contributed by atoms with Crippen molar-refractivity contribution in [3.8, 4) is 0 Å². The average Bonchev–Trinajstić information content (AvgIpc) is 2.46. The van der Waals surface area contributed by atoms with Crippen LogP contribution in [-0.4, -0.2) is 36.1 Å². The predicted octanol–water partition coefficient (Wildman–Crippen LogP) is 2.66. The summed E-state index contributed by atoms with van der Waals surface area (Å²) in [5.74, 6) is 0.703. The molecule has 0 amide bonds. The van der Waals surface area contributed by atoms with E-state index in [2.05, 4.69) is 54.5 Å². The van der Waals surface area contributed by atoms with Crippen molar-refractivity contribution in [2.75, 3.05) is 20.1 Å². The summed E-state index contributed by atoms with van der Waals surface area (Å²) >= 11 is 0. The van der Waals surface area contributed by atoms with Gasteiger partial charge in [-0.05, 0) is 38.1 Å². The molecule has 106 valence electrons. The van der Waals surface area contributed by atoms with Crippen LogP contribution in [0.3, 0.4) is 0 Å². The molecule has 1 aliphatic rings. The van der Waals surface area contributed by atoms with Gasteiger partial charge in [-0.25, -0.2) is 0 Å². The number of hydrogen-bond acceptors (Lipinski definition) is 3. The molecule has 20 heavy (non-hydrogen) atoms. The Morgan fingerprint density at radius 1 is 1.25 bits per heavy atom. The van der Waals surface area contributed by atoms with Crippen LogP contribution in [0.5, 0.6) is 0 Å². The zero-order valence-electron chi connectivity index (χ0n) is 12.3. The number of para-hydroxylation sites is 1. The lowest BCUT2D eigenvalue weighted by Crippen LogP contribution is -2.46. The molecule has 1 N–H and O–H groups in total. The maximum atomic E-state index is 4.73. The minimum atomic E-state index is 0.611. The van der Waals surface area contributed by atoms with Gasteiger partial charge in [-0.3, -0.25) is 4.98 Å². The molecule has 2 aromatic rings. The number of likely N-dealkylation sites (tertiary alicyclic amines) is 1. The lowest BCUT2D eigenvalue weighted by atomic mass is 9.94. The van der Waals surface area contributed by atoms with E-state index in [0.717, 1.165) is 17.8 Å². The number of nitrogens with one attached hydrogen (secondary N) is 1. The van der Waals surface area contributed by atoms with Crippen molar-refractivity contribution < 1.29 is 0 Å². The number of hydrogen-bond donors (Lipinski definition) is 1. The molecule has 2 heterocycles. The number of rotatable bonds is 3. The van der Waals surface area contributed by atoms with E-state index in [1.807, 2.05) is 6.07 Å². The highest BCUT2D eigenvalue weighted by Gasteiger charge is 2.23. The molecular formula is C17H23N3. The molecule has 3 nitrogen and oxygen atoms in total. The van der Waals surface area contributed by atoms with Crippen LogP contribution >= 0.6 is 0 Å². The van der Waals surface area contributed by atoms with Gasteiger partial charge in [-0.2, -0.15) is 0 Å². The molecule has 2 unspecified atom stereocenters. The lowest BCUT2D eigenvalue weighted by molar-refractivity contribution is 0.174. The van der Waals surface area contributed by atoms with Gasteiger partial charge < -0.3 is 10.2 Å². The van der Waals surface area contributed by atoms with Crippen molar-refractivity contribution in [1.82, 2.24) is 15.2 Å². The van der Waals surface area contributed by atoms with E-state index in [1.165, 1.54) is 24.9 Å². The summed E-state index contributed by atoms with van der Waals surface area (Å²) in [6.07, 6.45) is 1.23. The number of fused-ring (bicyclic) bond motifs is 1. The maximum absolute atomic E-state index is 4.73. The minimum absolute atomic E-state index is 0.611. The van der Waals surface area contributed by atoms with Gasteiger partial charge in [-0.1, -0.05) is 31.2 Å². The Kier molecular flexibility index (Phi) is 3.99. The Labute approximate surface area is 121 Å². The second-order valence-electron chi connectivity index (χ2n) is 6.01. The standard InChI is InChI=1S/C17H23N3/c1-13-12-20(2)10-9-16(13)18-11-15-8-7-14-5-3-4-6-17(14)19-15/h3-8,13,16,18H,9-12H2,1-2H3. The first-order chi connectivity index (χ1) is 9.72. The average molecular weight is 269 g/mol. The van der Waals surface area contributed by atoms with Crippen LogP contribution in [0.1, 0.15) is 19.0 Å². The topological polar surface area (TPSA) is 28.2 Å². The number of aromatic nitrogens is 1. The summed E-state index contributed by atoms with van der Waals surface area (Å²) in [5.41, 5.74) is 2.22. The lowest BCUT2D eigenvalue weighted by Gasteiger charge is -2.35. The van der Waals surface area contributed by atoms with Crippen LogP contribution in [0.15, 0.2) is 36.4 Å². The van der Waals surface area contributed by atoms with Gasteiger partial charge in [0.1, 0.15) is 0 Å². The highest BCUT2D eigenvalue weighted by atomic mass is 15.1. The van der Waals surface area contributed by atoms with Crippen molar-refractivity contribution in [1.29, 1.82) is 0 Å². The van der Waals surface area contributed by atoms with Crippen molar-refractivity contribution >= 4 is 10.9 Å². The smallest absolute Gasteiger partial charge is 0.0705 e. The molecule has 0 saturated carbocycles. The van der Waals surface area contributed by atoms with Gasteiger partial charge >= 0.3 is 0 Å². The SMILES string of the molecule is CC1CN(C)CCC1NCc1ccc2ccccc2n1. The molecule has 0 radical (unpaired) electrons. The van der Waals surface area contributed by atoms with Crippen molar-refractivity contribution in [2.45, 2.75) is 25.9 Å². The van der Waals surface area contributed by atoms with E-state index < -0.39 is 0 Å². The minimum Gasteiger partial charge on any atom is -0.308 e. The Morgan fingerprint density at radius 2 is 2.10 bits per heavy atom. The Morgan fingerprint density at radius 3 is 2.95 bits per heavy atom. The summed E-state index contributed by atoms with van der Waals surface area (Å²) in [6, 6.07) is 13.2. The molecule has 0 spiro atoms. The molecule has 2 atom stereocenters. The second-order valence-corrected chi connectivity index (χ2v) is 6.01. The van der Waals surface area contributed by atoms with E-state index in [4.69, 9.17) is 4.98 Å². The zero-order chi connectivity index (χ0) is 13.9. The van der Waals surface area contributed by atoms with Crippen LogP contribution in [0.25, 0.3) is 10.9 Å². The molecule has 1 saturated heterocycles. The molecular weight excluding hydrogens is 246 g/mol. The summed E-state index contributed by atoms with van der Waals surface area (Å²) in [5, 5.41) is 4.90. The predicted molar refractivity (Wildman–Crippen MR) is 83.6 cm³/mol. The largest absolute Gasteiger partial charge is 0.308 e. The summed E-state index contributed by atoms with van der Waals surface area (Å²) in [7, 11) is 2.21. The fourth-order valence-electron chi connectivity index (χ4n) is 3.10. The monoisotopic (exact) mass is 269 g/mol. The third-order valence-corrected chi connectivity index (χ3v) is 4.31. The van der Waals surface area contributed by atoms with Crippen molar-refractivity contribution in [3.63, 3.8) is 0 Å². The molecule has 3 heteroatoms. The van der Waals surface area contributed by atoms with Gasteiger partial charge in [0.2, 0.25) is 0 Å². The fraction of sp³-hybridized carbons (Fsp3) is 0.471. The van der Waals surface area contributed by atoms with Crippen LogP contribution in [0, 0.1) is 5.92 Å². The van der Waals surface area contributed by atoms with E-state index in [0.29, 0.717) is 12.0 Å². The van der Waals surface area contributed by atoms with E-state index in [9.17, 15) is 0 Å². The van der Waals surface area contributed by atoms with Crippen molar-refractivity contribution in [3.05, 3.63) is 42.1 Å². The van der Waals surface area contributed by atoms with Crippen LogP contribution in [-0.2, 0) is 6.54 Å². The van der Waals surface area contributed by atoms with Crippen LogP contribution in [0.4, 0.5) is 0 Å². The van der Waals surface area contributed by atoms with E-state index >= 15 is 0 Å². The van der Waals surface area contributed by atoms with Crippen LogP contribution < -0.4 is 5.32 Å². The first-order valence-corrected chi connectivity index (χ1v) is 7.49. The Balaban J connectivity index is 1.65. The van der Waals surface area contributed by atoms with Gasteiger partial charge in [0.05, 0.1) is 11.2 Å². The molecule has 0 aliphatic carbocycles. The first-order valence-electron chi connectivity index (χ1n) is 7.49. The Hall–Kier alpha value is -1.45. The van der Waals surface area contributed by atoms with Gasteiger partial charge in [-0.15, -0.1) is 0 Å². The molecule has 1 fully saturated rings. The first kappa shape index (κ1) is 13.5. The molecule has 1 aromatic heterocycles. The fourth-order valence-corrected chi connectivity index (χ4v) is 3.10. The van der Waals surface area contributed by atoms with Crippen LogP contribution in [0.2, 0.25) is 0 Å². The third kappa shape index (κ3) is 3.00. The molecule has 3 rings (SSSR count). The summed E-state index contributed by atoms with van der Waals surface area (Å²) in [6.45, 7) is 5.57. The quantitative estimate of drug-likeness (QED) is 0.928. The zero-order valence-corrected chi connectivity index (χ0v) is 12.3. The number of pyridine rings is 1. The highest BCUT2D eigenvalue weighted by molar-refractivity contribution is 5.78. The second kappa shape index (κ2) is 5.90. The maximum Gasteiger partial charge on any atom is 0.0705 e. The number of piperidine rings is 1. The Bertz CT molecular complexity index is 581. The third-order valence-electron chi connectivity index (χ3n) is 4.31. The van der Waals surface area contributed by atoms with Crippen molar-refractivity contribution in [2.24, 2.45) is 5.92 Å². The number of benzene rings is 1. The van der Waals surface area contributed by atoms with Gasteiger partial charge in [0.25, 0.3) is 0 Å². The van der Waals surface area contributed by atoms with Gasteiger partial charge in [0.15, 0.2) is 0 Å². The molecule has 1 aromatic carbocycles.